The number of carbonyl (C=O) groups excluding carboxylic acids is 2. The average molecular weight is 253 g/mol. The maximum absolute atomic E-state index is 12.0. The Morgan fingerprint density at radius 3 is 3.00 bits per heavy atom. The summed E-state index contributed by atoms with van der Waals surface area (Å²) >= 11 is 0. The van der Waals surface area contributed by atoms with Crippen molar-refractivity contribution in [3.05, 3.63) is 53.9 Å². The summed E-state index contributed by atoms with van der Waals surface area (Å²) in [6, 6.07) is 8.71. The Hall–Kier alpha value is -2.69. The number of amides is 2. The van der Waals surface area contributed by atoms with Crippen molar-refractivity contribution in [2.45, 2.75) is 6.42 Å². The molecule has 1 aliphatic rings. The highest BCUT2D eigenvalue weighted by Gasteiger charge is 2.19. The number of rotatable bonds is 2. The van der Waals surface area contributed by atoms with Crippen LogP contribution in [-0.4, -0.2) is 16.8 Å². The number of hydrogen-bond acceptors (Lipinski definition) is 3. The number of nitrogens with one attached hydrogen (secondary N) is 2. The van der Waals surface area contributed by atoms with E-state index in [2.05, 4.69) is 15.6 Å². The molecule has 5 nitrogen and oxygen atoms in total. The molecule has 94 valence electrons. The van der Waals surface area contributed by atoms with Crippen LogP contribution in [0.4, 0.5) is 11.4 Å². The monoisotopic (exact) mass is 253 g/mol. The molecule has 0 bridgehead atoms. The van der Waals surface area contributed by atoms with Gasteiger partial charge in [0.1, 0.15) is 0 Å². The van der Waals surface area contributed by atoms with E-state index < -0.39 is 0 Å². The Morgan fingerprint density at radius 1 is 1.32 bits per heavy atom. The maximum Gasteiger partial charge on any atom is 0.255 e. The summed E-state index contributed by atoms with van der Waals surface area (Å²) in [5, 5.41) is 5.47. The van der Waals surface area contributed by atoms with Gasteiger partial charge >= 0.3 is 0 Å². The first-order valence-electron chi connectivity index (χ1n) is 5.86. The van der Waals surface area contributed by atoms with E-state index in [9.17, 15) is 9.59 Å². The van der Waals surface area contributed by atoms with Crippen LogP contribution >= 0.6 is 0 Å². The first-order valence-corrected chi connectivity index (χ1v) is 5.86. The van der Waals surface area contributed by atoms with Crippen molar-refractivity contribution in [1.29, 1.82) is 0 Å². The summed E-state index contributed by atoms with van der Waals surface area (Å²) in [5.41, 5.74) is 2.77. The number of benzene rings is 1. The lowest BCUT2D eigenvalue weighted by Gasteiger charge is -2.06. The molecule has 0 spiro atoms. The second-order valence-corrected chi connectivity index (χ2v) is 4.29. The molecule has 1 aromatic heterocycles. The molecule has 2 N–H and O–H groups in total. The molecule has 1 aliphatic heterocycles. The highest BCUT2D eigenvalue weighted by molar-refractivity contribution is 6.06. The van der Waals surface area contributed by atoms with Crippen molar-refractivity contribution < 1.29 is 9.59 Å². The molecule has 0 saturated heterocycles. The van der Waals surface area contributed by atoms with E-state index in [0.717, 1.165) is 5.56 Å². The maximum atomic E-state index is 12.0. The molecule has 0 unspecified atom stereocenters. The molecular formula is C14H11N3O2. The molecule has 1 aromatic carbocycles. The fraction of sp³-hybridized carbons (Fsp3) is 0.0714. The van der Waals surface area contributed by atoms with Crippen molar-refractivity contribution in [1.82, 2.24) is 4.98 Å². The lowest BCUT2D eigenvalue weighted by molar-refractivity contribution is -0.115. The van der Waals surface area contributed by atoms with Crippen molar-refractivity contribution in [2.75, 3.05) is 10.6 Å². The van der Waals surface area contributed by atoms with Gasteiger partial charge in [0, 0.05) is 17.4 Å². The van der Waals surface area contributed by atoms with Gasteiger partial charge in [0.2, 0.25) is 5.91 Å². The van der Waals surface area contributed by atoms with Gasteiger partial charge in [-0.2, -0.15) is 0 Å². The molecule has 19 heavy (non-hydrogen) atoms. The number of hydrogen-bond donors (Lipinski definition) is 2. The van der Waals surface area contributed by atoms with E-state index in [1.165, 1.54) is 0 Å². The highest BCUT2D eigenvalue weighted by atomic mass is 16.2. The molecule has 0 atom stereocenters. The van der Waals surface area contributed by atoms with Crippen LogP contribution < -0.4 is 10.6 Å². The van der Waals surface area contributed by atoms with Crippen LogP contribution in [0.2, 0.25) is 0 Å². The van der Waals surface area contributed by atoms with Crippen LogP contribution in [0, 0.1) is 0 Å². The van der Waals surface area contributed by atoms with E-state index >= 15 is 0 Å². The number of carbonyl (C=O) groups is 2. The predicted octanol–water partition coefficient (Wildman–Crippen LogP) is 1.83. The van der Waals surface area contributed by atoms with Gasteiger partial charge in [0.05, 0.1) is 18.3 Å². The first-order chi connectivity index (χ1) is 9.22. The summed E-state index contributed by atoms with van der Waals surface area (Å²) in [4.78, 5) is 27.2. The van der Waals surface area contributed by atoms with Gasteiger partial charge in [-0.25, -0.2) is 0 Å². The summed E-state index contributed by atoms with van der Waals surface area (Å²) in [6.45, 7) is 0. The lowest BCUT2D eigenvalue weighted by atomic mass is 10.1. The largest absolute Gasteiger partial charge is 0.326 e. The molecule has 2 aromatic rings. The zero-order chi connectivity index (χ0) is 13.2. The number of pyridine rings is 1. The van der Waals surface area contributed by atoms with Crippen molar-refractivity contribution in [3.8, 4) is 0 Å². The van der Waals surface area contributed by atoms with E-state index in [0.29, 0.717) is 23.4 Å². The van der Waals surface area contributed by atoms with Crippen LogP contribution in [0.5, 0.6) is 0 Å². The Balaban J connectivity index is 1.82. The number of fused-ring (bicyclic) bond motifs is 1. The smallest absolute Gasteiger partial charge is 0.255 e. The highest BCUT2D eigenvalue weighted by Crippen LogP contribution is 2.24. The SMILES string of the molecule is O=C1Cc2ccc(C(=O)Nc3cccnc3)cc2N1. The second kappa shape index (κ2) is 4.53. The summed E-state index contributed by atoms with van der Waals surface area (Å²) < 4.78 is 0. The van der Waals surface area contributed by atoms with Crippen molar-refractivity contribution >= 4 is 23.2 Å². The molecule has 3 rings (SSSR count). The quantitative estimate of drug-likeness (QED) is 0.857. The van der Waals surface area contributed by atoms with Gasteiger partial charge in [-0.05, 0) is 29.8 Å². The van der Waals surface area contributed by atoms with Gasteiger partial charge < -0.3 is 10.6 Å². The third-order valence-electron chi connectivity index (χ3n) is 2.92. The molecule has 0 aliphatic carbocycles. The lowest BCUT2D eigenvalue weighted by Crippen LogP contribution is -2.12. The van der Waals surface area contributed by atoms with Crippen LogP contribution in [0.15, 0.2) is 42.7 Å². The van der Waals surface area contributed by atoms with Gasteiger partial charge in [0.25, 0.3) is 5.91 Å². The van der Waals surface area contributed by atoms with E-state index in [4.69, 9.17) is 0 Å². The fourth-order valence-electron chi connectivity index (χ4n) is 2.00. The van der Waals surface area contributed by atoms with Gasteiger partial charge in [-0.1, -0.05) is 6.07 Å². The summed E-state index contributed by atoms with van der Waals surface area (Å²) in [6.07, 6.45) is 3.59. The number of anilines is 2. The van der Waals surface area contributed by atoms with Crippen LogP contribution in [0.25, 0.3) is 0 Å². The zero-order valence-electron chi connectivity index (χ0n) is 10.0. The average Bonchev–Trinajstić information content (AvgIpc) is 2.78. The van der Waals surface area contributed by atoms with E-state index in [1.54, 1.807) is 42.7 Å². The second-order valence-electron chi connectivity index (χ2n) is 4.29. The van der Waals surface area contributed by atoms with Crippen molar-refractivity contribution in [2.24, 2.45) is 0 Å². The normalized spacial score (nSPS) is 12.7. The Bertz CT molecular complexity index is 653. The number of nitrogens with zero attached hydrogens (tertiary/aromatic N) is 1. The third kappa shape index (κ3) is 2.30. The molecule has 0 fully saturated rings. The molecule has 0 radical (unpaired) electrons. The molecular weight excluding hydrogens is 242 g/mol. The first kappa shape index (κ1) is 11.4. The van der Waals surface area contributed by atoms with Gasteiger partial charge in [0.15, 0.2) is 0 Å². The Labute approximate surface area is 109 Å². The van der Waals surface area contributed by atoms with E-state index in [-0.39, 0.29) is 11.8 Å². The molecule has 5 heteroatoms. The van der Waals surface area contributed by atoms with Gasteiger partial charge in [-0.15, -0.1) is 0 Å². The number of aromatic nitrogens is 1. The molecule has 2 heterocycles. The fourth-order valence-corrected chi connectivity index (χ4v) is 2.00. The van der Waals surface area contributed by atoms with Gasteiger partial charge in [-0.3, -0.25) is 14.6 Å². The minimum Gasteiger partial charge on any atom is -0.326 e. The van der Waals surface area contributed by atoms with Crippen molar-refractivity contribution in [3.63, 3.8) is 0 Å². The minimum absolute atomic E-state index is 0.0418. The van der Waals surface area contributed by atoms with Crippen LogP contribution in [0.3, 0.4) is 0 Å². The predicted molar refractivity (Wildman–Crippen MR) is 71.0 cm³/mol. The summed E-state index contributed by atoms with van der Waals surface area (Å²) in [5.74, 6) is -0.267. The molecule has 2 amide bonds. The third-order valence-corrected chi connectivity index (χ3v) is 2.92. The topological polar surface area (TPSA) is 71.1 Å². The minimum atomic E-state index is -0.225. The standard InChI is InChI=1S/C14H11N3O2/c18-13-7-9-3-4-10(6-12(9)17-13)14(19)16-11-2-1-5-15-8-11/h1-6,8H,7H2,(H,16,19)(H,17,18). The zero-order valence-corrected chi connectivity index (χ0v) is 10.0. The van der Waals surface area contributed by atoms with Crippen LogP contribution in [0.1, 0.15) is 15.9 Å². The summed E-state index contributed by atoms with van der Waals surface area (Å²) in [7, 11) is 0. The Morgan fingerprint density at radius 2 is 2.21 bits per heavy atom. The molecule has 0 saturated carbocycles. The van der Waals surface area contributed by atoms with E-state index in [1.807, 2.05) is 0 Å². The Kier molecular flexibility index (Phi) is 2.72. The van der Waals surface area contributed by atoms with Crippen LogP contribution in [-0.2, 0) is 11.2 Å².